The Morgan fingerprint density at radius 3 is 2.96 bits per heavy atom. The van der Waals surface area contributed by atoms with Gasteiger partial charge < -0.3 is 16.0 Å². The number of piperidine rings is 1. The maximum Gasteiger partial charge on any atom is 0.270 e. The van der Waals surface area contributed by atoms with Gasteiger partial charge in [0.2, 0.25) is 5.91 Å². The van der Waals surface area contributed by atoms with E-state index in [1.165, 1.54) is 10.6 Å². The third-order valence-corrected chi connectivity index (χ3v) is 4.89. The predicted molar refractivity (Wildman–Crippen MR) is 102 cm³/mol. The highest BCUT2D eigenvalue weighted by Gasteiger charge is 2.29. The van der Waals surface area contributed by atoms with Gasteiger partial charge in [-0.1, -0.05) is 0 Å². The van der Waals surface area contributed by atoms with E-state index in [1.54, 1.807) is 23.2 Å². The molecule has 2 aromatic heterocycles. The Morgan fingerprint density at radius 2 is 2.19 bits per heavy atom. The maximum atomic E-state index is 13.1. The summed E-state index contributed by atoms with van der Waals surface area (Å²) in [6.07, 6.45) is 5.90. The van der Waals surface area contributed by atoms with Crippen LogP contribution in [-0.4, -0.2) is 51.8 Å². The van der Waals surface area contributed by atoms with Crippen LogP contribution in [0, 0.1) is 6.92 Å². The van der Waals surface area contributed by atoms with Crippen molar-refractivity contribution < 1.29 is 9.59 Å². The molecule has 0 bridgehead atoms. The SMILES string of the molecule is Cc1ccn2c(=O)c(C(=O)N3CCCCC3CNC(=O)CCN)cnc2c1. The number of carbonyl (C=O) groups excluding carboxylic acids is 2. The normalized spacial score (nSPS) is 17.1. The number of nitrogens with one attached hydrogen (secondary N) is 1. The van der Waals surface area contributed by atoms with Gasteiger partial charge in [0, 0.05) is 44.5 Å². The van der Waals surface area contributed by atoms with Crippen LogP contribution >= 0.6 is 0 Å². The number of amides is 2. The third-order valence-electron chi connectivity index (χ3n) is 4.89. The zero-order valence-corrected chi connectivity index (χ0v) is 15.5. The Kier molecular flexibility index (Phi) is 5.85. The van der Waals surface area contributed by atoms with Gasteiger partial charge in [-0.3, -0.25) is 18.8 Å². The molecule has 0 radical (unpaired) electrons. The van der Waals surface area contributed by atoms with Crippen molar-refractivity contribution in [1.29, 1.82) is 0 Å². The number of aromatic nitrogens is 2. The molecule has 1 saturated heterocycles. The first-order valence-electron chi connectivity index (χ1n) is 9.27. The first-order valence-corrected chi connectivity index (χ1v) is 9.27. The first-order chi connectivity index (χ1) is 13.0. The molecule has 2 aromatic rings. The molecular formula is C19H25N5O3. The summed E-state index contributed by atoms with van der Waals surface area (Å²) in [4.78, 5) is 43.5. The smallest absolute Gasteiger partial charge is 0.270 e. The van der Waals surface area contributed by atoms with Gasteiger partial charge in [0.1, 0.15) is 11.2 Å². The maximum absolute atomic E-state index is 13.1. The Bertz CT molecular complexity index is 908. The summed E-state index contributed by atoms with van der Waals surface area (Å²) in [5.74, 6) is -0.460. The fourth-order valence-corrected chi connectivity index (χ4v) is 3.41. The summed E-state index contributed by atoms with van der Waals surface area (Å²) in [7, 11) is 0. The summed E-state index contributed by atoms with van der Waals surface area (Å²) >= 11 is 0. The van der Waals surface area contributed by atoms with Crippen molar-refractivity contribution >= 4 is 17.5 Å². The molecule has 8 heteroatoms. The van der Waals surface area contributed by atoms with E-state index < -0.39 is 0 Å². The predicted octanol–water partition coefficient (Wildman–Crippen LogP) is 0.463. The minimum atomic E-state index is -0.374. The van der Waals surface area contributed by atoms with Crippen LogP contribution in [0.25, 0.3) is 5.65 Å². The molecule has 0 aromatic carbocycles. The fourth-order valence-electron chi connectivity index (χ4n) is 3.41. The van der Waals surface area contributed by atoms with Gasteiger partial charge in [-0.25, -0.2) is 4.98 Å². The average Bonchev–Trinajstić information content (AvgIpc) is 2.66. The zero-order chi connectivity index (χ0) is 19.4. The second kappa shape index (κ2) is 8.30. The van der Waals surface area contributed by atoms with E-state index in [2.05, 4.69) is 10.3 Å². The lowest BCUT2D eigenvalue weighted by Gasteiger charge is -2.35. The van der Waals surface area contributed by atoms with Crippen molar-refractivity contribution in [3.63, 3.8) is 0 Å². The van der Waals surface area contributed by atoms with Crippen LogP contribution in [0.5, 0.6) is 0 Å². The van der Waals surface area contributed by atoms with E-state index in [-0.39, 0.29) is 41.9 Å². The molecule has 0 saturated carbocycles. The van der Waals surface area contributed by atoms with E-state index in [4.69, 9.17) is 5.73 Å². The molecule has 1 aliphatic rings. The van der Waals surface area contributed by atoms with Gasteiger partial charge in [-0.2, -0.15) is 0 Å². The Morgan fingerprint density at radius 1 is 1.37 bits per heavy atom. The number of pyridine rings is 1. The Balaban J connectivity index is 1.83. The van der Waals surface area contributed by atoms with Gasteiger partial charge in [0.05, 0.1) is 0 Å². The van der Waals surface area contributed by atoms with E-state index >= 15 is 0 Å². The van der Waals surface area contributed by atoms with Crippen LogP contribution in [0.3, 0.4) is 0 Å². The topological polar surface area (TPSA) is 110 Å². The number of rotatable bonds is 5. The standard InChI is InChI=1S/C19H25N5O3/c1-13-6-9-24-16(10-13)21-12-15(19(24)27)18(26)23-8-3-2-4-14(23)11-22-17(25)5-7-20/h6,9-10,12,14H,2-5,7-8,11,20H2,1H3,(H,22,25). The van der Waals surface area contributed by atoms with Crippen molar-refractivity contribution in [2.45, 2.75) is 38.6 Å². The molecule has 1 atom stereocenters. The van der Waals surface area contributed by atoms with Crippen molar-refractivity contribution in [3.8, 4) is 0 Å². The highest BCUT2D eigenvalue weighted by Crippen LogP contribution is 2.18. The zero-order valence-electron chi connectivity index (χ0n) is 15.5. The molecule has 0 aliphatic carbocycles. The van der Waals surface area contributed by atoms with Crippen LogP contribution < -0.4 is 16.6 Å². The summed E-state index contributed by atoms with van der Waals surface area (Å²) in [5.41, 5.74) is 6.58. The number of nitrogens with zero attached hydrogens (tertiary/aromatic N) is 3. The number of aryl methyl sites for hydroxylation is 1. The van der Waals surface area contributed by atoms with Crippen molar-refractivity contribution in [1.82, 2.24) is 19.6 Å². The minimum Gasteiger partial charge on any atom is -0.354 e. The number of likely N-dealkylation sites (tertiary alicyclic amines) is 1. The van der Waals surface area contributed by atoms with Gasteiger partial charge in [-0.15, -0.1) is 0 Å². The molecule has 27 heavy (non-hydrogen) atoms. The van der Waals surface area contributed by atoms with Gasteiger partial charge in [-0.05, 0) is 43.9 Å². The number of nitrogens with two attached hydrogens (primary N) is 1. The molecule has 3 rings (SSSR count). The molecule has 3 heterocycles. The molecule has 1 aliphatic heterocycles. The molecule has 3 N–H and O–H groups in total. The molecule has 1 fully saturated rings. The fraction of sp³-hybridized carbons (Fsp3) is 0.474. The third kappa shape index (κ3) is 4.16. The van der Waals surface area contributed by atoms with Crippen LogP contribution in [-0.2, 0) is 4.79 Å². The lowest BCUT2D eigenvalue weighted by atomic mass is 10.0. The van der Waals surface area contributed by atoms with Gasteiger partial charge >= 0.3 is 0 Å². The van der Waals surface area contributed by atoms with Gasteiger partial charge in [0.25, 0.3) is 11.5 Å². The molecular weight excluding hydrogens is 346 g/mol. The van der Waals surface area contributed by atoms with E-state index in [9.17, 15) is 14.4 Å². The molecule has 1 unspecified atom stereocenters. The molecule has 2 amide bonds. The summed E-state index contributed by atoms with van der Waals surface area (Å²) in [5, 5.41) is 2.83. The Labute approximate surface area is 157 Å². The summed E-state index contributed by atoms with van der Waals surface area (Å²) < 4.78 is 1.39. The largest absolute Gasteiger partial charge is 0.354 e. The van der Waals surface area contributed by atoms with Crippen molar-refractivity contribution in [3.05, 3.63) is 46.0 Å². The molecule has 0 spiro atoms. The van der Waals surface area contributed by atoms with E-state index in [1.807, 2.05) is 6.92 Å². The van der Waals surface area contributed by atoms with Crippen LogP contribution in [0.4, 0.5) is 0 Å². The summed E-state index contributed by atoms with van der Waals surface area (Å²) in [6, 6.07) is 3.47. The monoisotopic (exact) mass is 371 g/mol. The van der Waals surface area contributed by atoms with Crippen molar-refractivity contribution in [2.75, 3.05) is 19.6 Å². The Hall–Kier alpha value is -2.74. The lowest BCUT2D eigenvalue weighted by Crippen LogP contribution is -2.50. The highest BCUT2D eigenvalue weighted by atomic mass is 16.2. The molecule has 8 nitrogen and oxygen atoms in total. The van der Waals surface area contributed by atoms with Gasteiger partial charge in [0.15, 0.2) is 0 Å². The quantitative estimate of drug-likeness (QED) is 0.794. The van der Waals surface area contributed by atoms with Crippen LogP contribution in [0.15, 0.2) is 29.3 Å². The van der Waals surface area contributed by atoms with Crippen LogP contribution in [0.1, 0.15) is 41.6 Å². The molecule has 144 valence electrons. The van der Waals surface area contributed by atoms with E-state index in [0.29, 0.717) is 18.7 Å². The second-order valence-electron chi connectivity index (χ2n) is 6.90. The number of carbonyl (C=O) groups is 2. The minimum absolute atomic E-state index is 0.0523. The number of hydrogen-bond acceptors (Lipinski definition) is 5. The summed E-state index contributed by atoms with van der Waals surface area (Å²) in [6.45, 7) is 3.14. The highest BCUT2D eigenvalue weighted by molar-refractivity contribution is 5.94. The average molecular weight is 371 g/mol. The lowest BCUT2D eigenvalue weighted by molar-refractivity contribution is -0.121. The van der Waals surface area contributed by atoms with Crippen LogP contribution in [0.2, 0.25) is 0 Å². The number of fused-ring (bicyclic) bond motifs is 1. The first kappa shape index (κ1) is 19.0. The number of hydrogen-bond donors (Lipinski definition) is 2. The van der Waals surface area contributed by atoms with E-state index in [0.717, 1.165) is 24.8 Å². The second-order valence-corrected chi connectivity index (χ2v) is 6.90. The van der Waals surface area contributed by atoms with Crippen molar-refractivity contribution in [2.24, 2.45) is 5.73 Å².